The number of rotatable bonds is 7. The number of amides is 3. The topological polar surface area (TPSA) is 105 Å². The molecule has 8 nitrogen and oxygen atoms in total. The molecule has 0 saturated carbocycles. The van der Waals surface area contributed by atoms with Gasteiger partial charge in [0.1, 0.15) is 0 Å². The molecule has 1 saturated heterocycles. The van der Waals surface area contributed by atoms with Crippen molar-refractivity contribution in [3.8, 4) is 0 Å². The normalized spacial score (nSPS) is 14.7. The molecule has 2 heterocycles. The van der Waals surface area contributed by atoms with Gasteiger partial charge in [0.05, 0.1) is 17.3 Å². The Morgan fingerprint density at radius 2 is 1.93 bits per heavy atom. The fourth-order valence-electron chi connectivity index (χ4n) is 2.73. The van der Waals surface area contributed by atoms with E-state index >= 15 is 0 Å². The molecular formula is C18H25N3O5S. The second kappa shape index (κ2) is 10.1. The number of thiophene rings is 1. The second-order valence-electron chi connectivity index (χ2n) is 6.65. The maximum absolute atomic E-state index is 12.3. The van der Waals surface area contributed by atoms with Gasteiger partial charge in [-0.25, -0.2) is 0 Å². The van der Waals surface area contributed by atoms with Gasteiger partial charge in [-0.05, 0) is 38.1 Å². The molecule has 0 atom stereocenters. The van der Waals surface area contributed by atoms with Crippen LogP contribution in [0.2, 0.25) is 0 Å². The van der Waals surface area contributed by atoms with E-state index < -0.39 is 18.5 Å². The molecule has 3 amide bonds. The molecule has 27 heavy (non-hydrogen) atoms. The fraction of sp³-hybridized carbons (Fsp3) is 0.556. The van der Waals surface area contributed by atoms with Crippen LogP contribution < -0.4 is 10.6 Å². The summed E-state index contributed by atoms with van der Waals surface area (Å²) in [5, 5.41) is 6.90. The molecule has 0 unspecified atom stereocenters. The van der Waals surface area contributed by atoms with Gasteiger partial charge in [0, 0.05) is 19.1 Å². The van der Waals surface area contributed by atoms with Crippen molar-refractivity contribution in [2.45, 2.75) is 32.7 Å². The first-order valence-electron chi connectivity index (χ1n) is 8.92. The fourth-order valence-corrected chi connectivity index (χ4v) is 3.42. The number of carbonyl (C=O) groups is 4. The third-order valence-electron chi connectivity index (χ3n) is 4.09. The number of hydrogen-bond acceptors (Lipinski definition) is 6. The Morgan fingerprint density at radius 3 is 2.52 bits per heavy atom. The number of nitrogens with zero attached hydrogens (tertiary/aromatic N) is 1. The SMILES string of the molecule is CC(C)NC(=O)CNC(=O)COC(=O)C1CCN(C(=O)c2cccs2)CC1. The number of likely N-dealkylation sites (tertiary alicyclic amines) is 1. The molecule has 1 aromatic heterocycles. The van der Waals surface area contributed by atoms with Crippen LogP contribution in [0.5, 0.6) is 0 Å². The summed E-state index contributed by atoms with van der Waals surface area (Å²) in [5.74, 6) is -1.61. The van der Waals surface area contributed by atoms with Gasteiger partial charge in [-0.15, -0.1) is 11.3 Å². The zero-order chi connectivity index (χ0) is 19.8. The molecule has 0 bridgehead atoms. The van der Waals surface area contributed by atoms with Gasteiger partial charge >= 0.3 is 5.97 Å². The van der Waals surface area contributed by atoms with Crippen LogP contribution in [-0.2, 0) is 19.1 Å². The van der Waals surface area contributed by atoms with Gasteiger partial charge in [-0.1, -0.05) is 6.07 Å². The summed E-state index contributed by atoms with van der Waals surface area (Å²) in [7, 11) is 0. The average Bonchev–Trinajstić information content (AvgIpc) is 3.18. The van der Waals surface area contributed by atoms with Gasteiger partial charge in [0.25, 0.3) is 11.8 Å². The van der Waals surface area contributed by atoms with E-state index in [4.69, 9.17) is 4.74 Å². The summed E-state index contributed by atoms with van der Waals surface area (Å²) in [6.45, 7) is 4.04. The van der Waals surface area contributed by atoms with E-state index in [1.807, 2.05) is 25.3 Å². The zero-order valence-corrected chi connectivity index (χ0v) is 16.3. The van der Waals surface area contributed by atoms with Crippen molar-refractivity contribution in [3.63, 3.8) is 0 Å². The van der Waals surface area contributed by atoms with E-state index in [9.17, 15) is 19.2 Å². The van der Waals surface area contributed by atoms with Crippen LogP contribution >= 0.6 is 11.3 Å². The third-order valence-corrected chi connectivity index (χ3v) is 4.95. The highest BCUT2D eigenvalue weighted by Crippen LogP contribution is 2.21. The van der Waals surface area contributed by atoms with E-state index in [0.29, 0.717) is 30.8 Å². The highest BCUT2D eigenvalue weighted by Gasteiger charge is 2.29. The Labute approximate surface area is 162 Å². The molecule has 0 radical (unpaired) electrons. The van der Waals surface area contributed by atoms with Crippen molar-refractivity contribution in [2.75, 3.05) is 26.2 Å². The highest BCUT2D eigenvalue weighted by molar-refractivity contribution is 7.12. The summed E-state index contributed by atoms with van der Waals surface area (Å²) < 4.78 is 5.04. The van der Waals surface area contributed by atoms with Crippen LogP contribution in [0.4, 0.5) is 0 Å². The van der Waals surface area contributed by atoms with Crippen molar-refractivity contribution in [2.24, 2.45) is 5.92 Å². The molecule has 0 spiro atoms. The highest BCUT2D eigenvalue weighted by atomic mass is 32.1. The Hall–Kier alpha value is -2.42. The molecule has 1 aromatic rings. The monoisotopic (exact) mass is 395 g/mol. The summed E-state index contributed by atoms with van der Waals surface area (Å²) in [6.07, 6.45) is 1.02. The van der Waals surface area contributed by atoms with E-state index in [2.05, 4.69) is 10.6 Å². The number of nitrogens with one attached hydrogen (secondary N) is 2. The first-order chi connectivity index (χ1) is 12.9. The summed E-state index contributed by atoms with van der Waals surface area (Å²) >= 11 is 1.40. The standard InChI is InChI=1S/C18H25N3O5S/c1-12(2)20-15(22)10-19-16(23)11-26-18(25)13-5-7-21(8-6-13)17(24)14-4-3-9-27-14/h3-4,9,12-13H,5-8,10-11H2,1-2H3,(H,19,23)(H,20,22). The average molecular weight is 395 g/mol. The van der Waals surface area contributed by atoms with Crippen molar-refractivity contribution in [3.05, 3.63) is 22.4 Å². The zero-order valence-electron chi connectivity index (χ0n) is 15.5. The van der Waals surface area contributed by atoms with Crippen LogP contribution in [0.25, 0.3) is 0 Å². The molecule has 0 aliphatic carbocycles. The Morgan fingerprint density at radius 1 is 1.22 bits per heavy atom. The van der Waals surface area contributed by atoms with E-state index in [1.165, 1.54) is 11.3 Å². The van der Waals surface area contributed by atoms with Crippen LogP contribution in [-0.4, -0.2) is 60.9 Å². The Bertz CT molecular complexity index is 667. The number of esters is 1. The van der Waals surface area contributed by atoms with Gasteiger partial charge in [0.15, 0.2) is 6.61 Å². The lowest BCUT2D eigenvalue weighted by Crippen LogP contribution is -2.42. The minimum absolute atomic E-state index is 0.00945. The molecule has 1 aliphatic rings. The molecule has 9 heteroatoms. The molecule has 1 fully saturated rings. The van der Waals surface area contributed by atoms with Crippen LogP contribution in [0, 0.1) is 5.92 Å². The van der Waals surface area contributed by atoms with Gasteiger partial charge in [-0.3, -0.25) is 19.2 Å². The van der Waals surface area contributed by atoms with E-state index in [0.717, 1.165) is 0 Å². The van der Waals surface area contributed by atoms with E-state index in [1.54, 1.807) is 11.0 Å². The lowest BCUT2D eigenvalue weighted by atomic mass is 9.97. The minimum atomic E-state index is -0.521. The lowest BCUT2D eigenvalue weighted by Gasteiger charge is -2.30. The van der Waals surface area contributed by atoms with Gasteiger partial charge < -0.3 is 20.3 Å². The maximum Gasteiger partial charge on any atom is 0.309 e. The first-order valence-corrected chi connectivity index (χ1v) is 9.80. The molecule has 1 aliphatic heterocycles. The first kappa shape index (κ1) is 20.9. The number of ether oxygens (including phenoxy) is 1. The number of carbonyl (C=O) groups excluding carboxylic acids is 4. The minimum Gasteiger partial charge on any atom is -0.455 e. The summed E-state index contributed by atoms with van der Waals surface area (Å²) in [4.78, 5) is 49.9. The lowest BCUT2D eigenvalue weighted by molar-refractivity contribution is -0.153. The molecule has 2 rings (SSSR count). The smallest absolute Gasteiger partial charge is 0.309 e. The van der Waals surface area contributed by atoms with E-state index in [-0.39, 0.29) is 30.3 Å². The predicted octanol–water partition coefficient (Wildman–Crippen LogP) is 0.784. The summed E-state index contributed by atoms with van der Waals surface area (Å²) in [5.41, 5.74) is 0. The quantitative estimate of drug-likeness (QED) is 0.664. The van der Waals surface area contributed by atoms with Crippen molar-refractivity contribution in [1.29, 1.82) is 0 Å². The molecule has 0 aromatic carbocycles. The Kier molecular flexibility index (Phi) is 7.78. The van der Waals surface area contributed by atoms with Gasteiger partial charge in [-0.2, -0.15) is 0 Å². The van der Waals surface area contributed by atoms with Crippen LogP contribution in [0.15, 0.2) is 17.5 Å². The van der Waals surface area contributed by atoms with Crippen LogP contribution in [0.1, 0.15) is 36.4 Å². The molecular weight excluding hydrogens is 370 g/mol. The van der Waals surface area contributed by atoms with Crippen molar-refractivity contribution < 1.29 is 23.9 Å². The molecule has 2 N–H and O–H groups in total. The van der Waals surface area contributed by atoms with Crippen molar-refractivity contribution in [1.82, 2.24) is 15.5 Å². The molecule has 148 valence electrons. The van der Waals surface area contributed by atoms with Crippen molar-refractivity contribution >= 4 is 35.0 Å². The predicted molar refractivity (Wildman–Crippen MR) is 100 cm³/mol. The largest absolute Gasteiger partial charge is 0.455 e. The van der Waals surface area contributed by atoms with Gasteiger partial charge in [0.2, 0.25) is 5.91 Å². The number of piperidine rings is 1. The number of hydrogen-bond donors (Lipinski definition) is 2. The Balaban J connectivity index is 1.66. The third kappa shape index (κ3) is 6.67. The summed E-state index contributed by atoms with van der Waals surface area (Å²) in [6, 6.07) is 3.61. The van der Waals surface area contributed by atoms with Crippen LogP contribution in [0.3, 0.4) is 0 Å². The second-order valence-corrected chi connectivity index (χ2v) is 7.60. The maximum atomic E-state index is 12.3.